The number of sulfonamides is 1. The lowest BCUT2D eigenvalue weighted by Crippen LogP contribution is -2.35. The number of aryl methyl sites for hydroxylation is 1. The summed E-state index contributed by atoms with van der Waals surface area (Å²) in [6.07, 6.45) is 0.991. The van der Waals surface area contributed by atoms with Gasteiger partial charge >= 0.3 is 0 Å². The minimum Gasteiger partial charge on any atom is -0.350 e. The molecule has 2 rings (SSSR count). The Kier molecular flexibility index (Phi) is 6.51. The van der Waals surface area contributed by atoms with Gasteiger partial charge in [0, 0.05) is 18.7 Å². The monoisotopic (exact) mass is 393 g/mol. The van der Waals surface area contributed by atoms with Crippen LogP contribution in [0.15, 0.2) is 42.5 Å². The van der Waals surface area contributed by atoms with Crippen molar-refractivity contribution in [3.63, 3.8) is 0 Å². The number of benzene rings is 2. The first-order chi connectivity index (χ1) is 12.7. The molecule has 7 nitrogen and oxygen atoms in total. The number of rotatable bonds is 7. The van der Waals surface area contributed by atoms with E-state index < -0.39 is 27.7 Å². The molecule has 0 bridgehead atoms. The molecule has 3 N–H and O–H groups in total. The van der Waals surface area contributed by atoms with Crippen LogP contribution in [0, 0.1) is 12.7 Å². The van der Waals surface area contributed by atoms with Gasteiger partial charge in [0.25, 0.3) is 11.8 Å². The fraction of sp³-hybridized carbons (Fsp3) is 0.222. The highest BCUT2D eigenvalue weighted by Crippen LogP contribution is 2.16. The Morgan fingerprint density at radius 3 is 2.26 bits per heavy atom. The van der Waals surface area contributed by atoms with E-state index in [4.69, 9.17) is 0 Å². The van der Waals surface area contributed by atoms with Crippen LogP contribution in [0.25, 0.3) is 0 Å². The molecule has 2 aromatic rings. The minimum atomic E-state index is -3.52. The molecule has 0 saturated carbocycles. The quantitative estimate of drug-likeness (QED) is 0.623. The Hall–Kier alpha value is -2.94. The van der Waals surface area contributed by atoms with E-state index in [1.54, 1.807) is 19.1 Å². The van der Waals surface area contributed by atoms with Crippen LogP contribution < -0.4 is 15.4 Å². The van der Waals surface area contributed by atoms with E-state index in [1.165, 1.54) is 24.3 Å². The summed E-state index contributed by atoms with van der Waals surface area (Å²) in [5.41, 5.74) is 0.957. The van der Waals surface area contributed by atoms with Crippen molar-refractivity contribution in [1.82, 2.24) is 10.6 Å². The van der Waals surface area contributed by atoms with Crippen LogP contribution in [0.3, 0.4) is 0 Å². The number of anilines is 1. The maximum Gasteiger partial charge on any atom is 0.253 e. The van der Waals surface area contributed by atoms with E-state index in [-0.39, 0.29) is 29.9 Å². The van der Waals surface area contributed by atoms with Gasteiger partial charge < -0.3 is 10.6 Å². The molecule has 0 radical (unpaired) electrons. The predicted octanol–water partition coefficient (Wildman–Crippen LogP) is 1.67. The van der Waals surface area contributed by atoms with Gasteiger partial charge in [-0.3, -0.25) is 14.3 Å². The second-order valence-corrected chi connectivity index (χ2v) is 7.64. The number of carbonyl (C=O) groups is 2. The molecule has 0 aliphatic heterocycles. The third kappa shape index (κ3) is 6.07. The smallest absolute Gasteiger partial charge is 0.253 e. The van der Waals surface area contributed by atoms with Crippen molar-refractivity contribution >= 4 is 27.5 Å². The first kappa shape index (κ1) is 20.4. The third-order valence-electron chi connectivity index (χ3n) is 3.60. The normalized spacial score (nSPS) is 10.9. The zero-order chi connectivity index (χ0) is 20.0. The first-order valence-corrected chi connectivity index (χ1v) is 9.96. The Bertz CT molecular complexity index is 961. The second kappa shape index (κ2) is 8.63. The molecule has 0 aliphatic rings. The van der Waals surface area contributed by atoms with Crippen LogP contribution in [-0.2, 0) is 10.0 Å². The SMILES string of the molecule is Cc1ccc(C(=O)NCCNC(=O)c2ccccc2NS(C)(=O)=O)cc1F. The van der Waals surface area contributed by atoms with Gasteiger partial charge in [0.2, 0.25) is 10.0 Å². The minimum absolute atomic E-state index is 0.117. The molecule has 144 valence electrons. The molecule has 0 atom stereocenters. The Balaban J connectivity index is 1.89. The standard InChI is InChI=1S/C18H20FN3O4S/c1-12-7-8-13(11-15(12)19)17(23)20-9-10-21-18(24)14-5-3-4-6-16(14)22-27(2,25)26/h3-8,11,22H,9-10H2,1-2H3,(H,20,23)(H,21,24). The van der Waals surface area contributed by atoms with Crippen LogP contribution in [0.5, 0.6) is 0 Å². The van der Waals surface area contributed by atoms with E-state index >= 15 is 0 Å². The van der Waals surface area contributed by atoms with Gasteiger partial charge in [-0.25, -0.2) is 12.8 Å². The van der Waals surface area contributed by atoms with Crippen LogP contribution in [0.1, 0.15) is 26.3 Å². The maximum atomic E-state index is 13.5. The Morgan fingerprint density at radius 1 is 1.00 bits per heavy atom. The summed E-state index contributed by atoms with van der Waals surface area (Å²) in [6.45, 7) is 1.84. The van der Waals surface area contributed by atoms with Crippen molar-refractivity contribution in [3.8, 4) is 0 Å². The zero-order valence-corrected chi connectivity index (χ0v) is 15.7. The molecule has 0 aliphatic carbocycles. The Labute approximate surface area is 157 Å². The average Bonchev–Trinajstić information content (AvgIpc) is 2.59. The van der Waals surface area contributed by atoms with E-state index in [2.05, 4.69) is 15.4 Å². The lowest BCUT2D eigenvalue weighted by atomic mass is 10.1. The summed E-state index contributed by atoms with van der Waals surface area (Å²) in [4.78, 5) is 24.2. The molecule has 9 heteroatoms. The van der Waals surface area contributed by atoms with Gasteiger partial charge in [0.15, 0.2) is 0 Å². The zero-order valence-electron chi connectivity index (χ0n) is 14.9. The number of halogens is 1. The number of carbonyl (C=O) groups excluding carboxylic acids is 2. The van der Waals surface area contributed by atoms with E-state index in [9.17, 15) is 22.4 Å². The highest BCUT2D eigenvalue weighted by atomic mass is 32.2. The van der Waals surface area contributed by atoms with Crippen LogP contribution >= 0.6 is 0 Å². The molecular formula is C18H20FN3O4S. The van der Waals surface area contributed by atoms with Crippen molar-refractivity contribution in [3.05, 3.63) is 65.0 Å². The largest absolute Gasteiger partial charge is 0.350 e. The van der Waals surface area contributed by atoms with Gasteiger partial charge in [0.05, 0.1) is 17.5 Å². The molecule has 2 aromatic carbocycles. The molecular weight excluding hydrogens is 373 g/mol. The molecule has 0 saturated heterocycles. The highest BCUT2D eigenvalue weighted by Gasteiger charge is 2.13. The van der Waals surface area contributed by atoms with E-state index in [0.717, 1.165) is 12.3 Å². The summed E-state index contributed by atoms with van der Waals surface area (Å²) in [6, 6.07) is 10.3. The Morgan fingerprint density at radius 2 is 1.63 bits per heavy atom. The number of amides is 2. The van der Waals surface area contributed by atoms with Gasteiger partial charge in [-0.1, -0.05) is 18.2 Å². The molecule has 0 spiro atoms. The number of nitrogens with one attached hydrogen (secondary N) is 3. The van der Waals surface area contributed by atoms with Crippen LogP contribution in [0.4, 0.5) is 10.1 Å². The maximum absolute atomic E-state index is 13.5. The van der Waals surface area contributed by atoms with Crippen molar-refractivity contribution in [2.24, 2.45) is 0 Å². The molecule has 0 aromatic heterocycles. The average molecular weight is 393 g/mol. The molecule has 0 fully saturated rings. The lowest BCUT2D eigenvalue weighted by Gasteiger charge is -2.11. The van der Waals surface area contributed by atoms with Gasteiger partial charge in [-0.2, -0.15) is 0 Å². The lowest BCUT2D eigenvalue weighted by molar-refractivity contribution is 0.0928. The molecule has 0 heterocycles. The van der Waals surface area contributed by atoms with Crippen LogP contribution in [0.2, 0.25) is 0 Å². The summed E-state index contributed by atoms with van der Waals surface area (Å²) in [5.74, 6) is -1.41. The van der Waals surface area contributed by atoms with Crippen molar-refractivity contribution < 1.29 is 22.4 Å². The topological polar surface area (TPSA) is 104 Å². The first-order valence-electron chi connectivity index (χ1n) is 8.07. The third-order valence-corrected chi connectivity index (χ3v) is 4.19. The van der Waals surface area contributed by atoms with E-state index in [0.29, 0.717) is 5.56 Å². The number of hydrogen-bond acceptors (Lipinski definition) is 4. The summed E-state index contributed by atoms with van der Waals surface area (Å²) >= 11 is 0. The van der Waals surface area contributed by atoms with E-state index in [1.807, 2.05) is 0 Å². The predicted molar refractivity (Wildman–Crippen MR) is 101 cm³/mol. The van der Waals surface area contributed by atoms with Crippen molar-refractivity contribution in [2.75, 3.05) is 24.1 Å². The fourth-order valence-corrected chi connectivity index (χ4v) is 2.83. The molecule has 27 heavy (non-hydrogen) atoms. The second-order valence-electron chi connectivity index (χ2n) is 5.90. The number of hydrogen-bond donors (Lipinski definition) is 3. The number of para-hydroxylation sites is 1. The fourth-order valence-electron chi connectivity index (χ4n) is 2.25. The van der Waals surface area contributed by atoms with Gasteiger partial charge in [-0.05, 0) is 36.8 Å². The van der Waals surface area contributed by atoms with Gasteiger partial charge in [0.1, 0.15) is 5.82 Å². The summed E-state index contributed by atoms with van der Waals surface area (Å²) in [7, 11) is -3.52. The van der Waals surface area contributed by atoms with Crippen molar-refractivity contribution in [2.45, 2.75) is 6.92 Å². The van der Waals surface area contributed by atoms with Crippen molar-refractivity contribution in [1.29, 1.82) is 0 Å². The van der Waals surface area contributed by atoms with Crippen LogP contribution in [-0.4, -0.2) is 39.6 Å². The molecule has 2 amide bonds. The van der Waals surface area contributed by atoms with Gasteiger partial charge in [-0.15, -0.1) is 0 Å². The highest BCUT2D eigenvalue weighted by molar-refractivity contribution is 7.92. The summed E-state index contributed by atoms with van der Waals surface area (Å²) < 4.78 is 38.5. The molecule has 0 unspecified atom stereocenters. The summed E-state index contributed by atoms with van der Waals surface area (Å²) in [5, 5.41) is 5.16.